The third kappa shape index (κ3) is 4.06. The van der Waals surface area contributed by atoms with E-state index in [0.29, 0.717) is 12.2 Å². The van der Waals surface area contributed by atoms with Gasteiger partial charge in [0.25, 0.3) is 0 Å². The minimum Gasteiger partial charge on any atom is -0.465 e. The second kappa shape index (κ2) is 6.61. The van der Waals surface area contributed by atoms with Crippen molar-refractivity contribution >= 4 is 11.8 Å². The van der Waals surface area contributed by atoms with E-state index in [-0.39, 0.29) is 18.2 Å². The van der Waals surface area contributed by atoms with Gasteiger partial charge in [-0.25, -0.2) is 0 Å². The molecule has 1 aromatic carbocycles. The molecular weight excluding hydrogens is 228 g/mol. The molecule has 0 heterocycles. The molecule has 0 aliphatic heterocycles. The molecule has 3 heteroatoms. The molecule has 0 spiro atoms. The highest BCUT2D eigenvalue weighted by Crippen LogP contribution is 2.10. The van der Waals surface area contributed by atoms with E-state index in [9.17, 15) is 9.59 Å². The number of carbonyl (C=O) groups is 2. The number of benzene rings is 1. The van der Waals surface area contributed by atoms with E-state index in [4.69, 9.17) is 4.74 Å². The number of Topliss-reactive ketones (excluding diaryl/α,β-unsaturated/α-hetero) is 1. The van der Waals surface area contributed by atoms with E-state index in [1.54, 1.807) is 19.1 Å². The Morgan fingerprint density at radius 1 is 1.33 bits per heavy atom. The lowest BCUT2D eigenvalue weighted by Gasteiger charge is -2.00. The van der Waals surface area contributed by atoms with E-state index in [1.807, 2.05) is 13.0 Å². The smallest absolute Gasteiger partial charge is 0.317 e. The van der Waals surface area contributed by atoms with Gasteiger partial charge in [-0.2, -0.15) is 0 Å². The Hall–Kier alpha value is -2.08. The number of hydrogen-bond acceptors (Lipinski definition) is 3. The monoisotopic (exact) mass is 244 g/mol. The lowest BCUT2D eigenvalue weighted by Crippen LogP contribution is -2.01. The van der Waals surface area contributed by atoms with Gasteiger partial charge < -0.3 is 4.74 Å². The highest BCUT2D eigenvalue weighted by atomic mass is 16.5. The molecule has 1 rings (SSSR count). The summed E-state index contributed by atoms with van der Waals surface area (Å²) in [5.41, 5.74) is 2.38. The first-order chi connectivity index (χ1) is 8.54. The van der Waals surface area contributed by atoms with E-state index < -0.39 is 0 Å². The molecule has 0 atom stereocenters. The number of hydrogen-bond donors (Lipinski definition) is 0. The number of ketones is 1. The molecule has 0 saturated heterocycles. The molecule has 0 amide bonds. The molecule has 1 aromatic rings. The molecule has 0 bridgehead atoms. The Morgan fingerprint density at radius 2 is 2.06 bits per heavy atom. The van der Waals surface area contributed by atoms with E-state index in [2.05, 4.69) is 11.8 Å². The van der Waals surface area contributed by atoms with Crippen LogP contribution in [0.4, 0.5) is 0 Å². The second-order valence-corrected chi connectivity index (χ2v) is 3.87. The molecule has 0 unspecified atom stereocenters. The maximum atomic E-state index is 11.3. The molecule has 18 heavy (non-hydrogen) atoms. The summed E-state index contributed by atoms with van der Waals surface area (Å²) in [7, 11) is 0. The van der Waals surface area contributed by atoms with Gasteiger partial charge in [-0.1, -0.05) is 24.0 Å². The third-order valence-electron chi connectivity index (χ3n) is 2.41. The summed E-state index contributed by atoms with van der Waals surface area (Å²) in [5.74, 6) is 5.33. The van der Waals surface area contributed by atoms with Crippen LogP contribution in [0.5, 0.6) is 0 Å². The molecule has 0 saturated carbocycles. The SMILES string of the molecule is CCOC(=O)CC#Cc1cc(C(C)=O)ccc1C. The summed E-state index contributed by atoms with van der Waals surface area (Å²) in [4.78, 5) is 22.4. The van der Waals surface area contributed by atoms with Crippen LogP contribution in [-0.4, -0.2) is 18.4 Å². The fourth-order valence-corrected chi connectivity index (χ4v) is 1.40. The lowest BCUT2D eigenvalue weighted by atomic mass is 10.0. The van der Waals surface area contributed by atoms with Crippen molar-refractivity contribution in [3.05, 3.63) is 34.9 Å². The van der Waals surface area contributed by atoms with Crippen LogP contribution >= 0.6 is 0 Å². The Bertz CT molecular complexity index is 518. The Kier molecular flexibility index (Phi) is 5.13. The largest absolute Gasteiger partial charge is 0.465 e. The minimum atomic E-state index is -0.328. The maximum Gasteiger partial charge on any atom is 0.317 e. The Morgan fingerprint density at radius 3 is 2.67 bits per heavy atom. The molecule has 0 aliphatic carbocycles. The predicted molar refractivity (Wildman–Crippen MR) is 69.3 cm³/mol. The summed E-state index contributed by atoms with van der Waals surface area (Å²) in [6.45, 7) is 5.55. The van der Waals surface area contributed by atoms with Crippen molar-refractivity contribution < 1.29 is 14.3 Å². The van der Waals surface area contributed by atoms with Crippen LogP contribution < -0.4 is 0 Å². The van der Waals surface area contributed by atoms with E-state index >= 15 is 0 Å². The highest BCUT2D eigenvalue weighted by molar-refractivity contribution is 5.94. The van der Waals surface area contributed by atoms with Crippen molar-refractivity contribution in [2.75, 3.05) is 6.61 Å². The van der Waals surface area contributed by atoms with Crippen LogP contribution in [0.1, 0.15) is 41.8 Å². The van der Waals surface area contributed by atoms with Gasteiger partial charge in [0.1, 0.15) is 6.42 Å². The Labute approximate surface area is 107 Å². The molecule has 94 valence electrons. The molecule has 0 aromatic heterocycles. The van der Waals surface area contributed by atoms with Gasteiger partial charge in [-0.15, -0.1) is 0 Å². The zero-order chi connectivity index (χ0) is 13.5. The van der Waals surface area contributed by atoms with Crippen LogP contribution in [-0.2, 0) is 9.53 Å². The van der Waals surface area contributed by atoms with Crippen molar-refractivity contribution in [3.8, 4) is 11.8 Å². The highest BCUT2D eigenvalue weighted by Gasteiger charge is 2.02. The van der Waals surface area contributed by atoms with Crippen LogP contribution in [0.15, 0.2) is 18.2 Å². The minimum absolute atomic E-state index is 0.00319. The summed E-state index contributed by atoms with van der Waals surface area (Å²) >= 11 is 0. The molecule has 0 aliphatic rings. The molecule has 0 fully saturated rings. The normalized spacial score (nSPS) is 9.28. The van der Waals surface area contributed by atoms with E-state index in [1.165, 1.54) is 6.92 Å². The number of esters is 1. The maximum absolute atomic E-state index is 11.3. The standard InChI is InChI=1S/C15H16O3/c1-4-18-15(17)7-5-6-13-10-14(12(3)16)9-8-11(13)2/h8-10H,4,7H2,1-3H3. The van der Waals surface area contributed by atoms with Gasteiger partial charge in [0, 0.05) is 11.1 Å². The van der Waals surface area contributed by atoms with Crippen molar-refractivity contribution in [3.63, 3.8) is 0 Å². The van der Waals surface area contributed by atoms with Crippen molar-refractivity contribution in [1.29, 1.82) is 0 Å². The molecule has 3 nitrogen and oxygen atoms in total. The fourth-order valence-electron chi connectivity index (χ4n) is 1.40. The molecular formula is C15H16O3. The first-order valence-electron chi connectivity index (χ1n) is 5.80. The topological polar surface area (TPSA) is 43.4 Å². The van der Waals surface area contributed by atoms with E-state index in [0.717, 1.165) is 11.1 Å². The van der Waals surface area contributed by atoms with Crippen molar-refractivity contribution in [1.82, 2.24) is 0 Å². The zero-order valence-electron chi connectivity index (χ0n) is 10.9. The number of rotatable bonds is 3. The van der Waals surface area contributed by atoms with Gasteiger partial charge in [-0.3, -0.25) is 9.59 Å². The van der Waals surface area contributed by atoms with Crippen molar-refractivity contribution in [2.45, 2.75) is 27.2 Å². The average molecular weight is 244 g/mol. The fraction of sp³-hybridized carbons (Fsp3) is 0.333. The lowest BCUT2D eigenvalue weighted by molar-refractivity contribution is -0.141. The number of aryl methyl sites for hydroxylation is 1. The summed E-state index contributed by atoms with van der Waals surface area (Å²) in [6.07, 6.45) is 0.0670. The first-order valence-corrected chi connectivity index (χ1v) is 5.80. The van der Waals surface area contributed by atoms with Gasteiger partial charge in [0.15, 0.2) is 5.78 Å². The summed E-state index contributed by atoms with van der Waals surface area (Å²) in [5, 5.41) is 0. The number of carbonyl (C=O) groups excluding carboxylic acids is 2. The van der Waals surface area contributed by atoms with Crippen LogP contribution in [0.25, 0.3) is 0 Å². The van der Waals surface area contributed by atoms with Crippen LogP contribution in [0, 0.1) is 18.8 Å². The van der Waals surface area contributed by atoms with Gasteiger partial charge >= 0.3 is 5.97 Å². The second-order valence-electron chi connectivity index (χ2n) is 3.87. The molecule has 0 N–H and O–H groups in total. The van der Waals surface area contributed by atoms with Crippen LogP contribution in [0.3, 0.4) is 0 Å². The zero-order valence-corrected chi connectivity index (χ0v) is 10.9. The summed E-state index contributed by atoms with van der Waals surface area (Å²) < 4.78 is 4.78. The average Bonchev–Trinajstić information content (AvgIpc) is 2.31. The van der Waals surface area contributed by atoms with Crippen LogP contribution in [0.2, 0.25) is 0 Å². The quantitative estimate of drug-likeness (QED) is 0.466. The Balaban J connectivity index is 2.84. The third-order valence-corrected chi connectivity index (χ3v) is 2.41. The van der Waals surface area contributed by atoms with Gasteiger partial charge in [0.2, 0.25) is 0 Å². The number of ether oxygens (including phenoxy) is 1. The molecule has 0 radical (unpaired) electrons. The summed E-state index contributed by atoms with van der Waals surface area (Å²) in [6, 6.07) is 5.37. The van der Waals surface area contributed by atoms with Crippen molar-refractivity contribution in [2.24, 2.45) is 0 Å². The van der Waals surface area contributed by atoms with Gasteiger partial charge in [-0.05, 0) is 32.4 Å². The first kappa shape index (κ1) is 14.0. The predicted octanol–water partition coefficient (Wildman–Crippen LogP) is 2.50. The van der Waals surface area contributed by atoms with Gasteiger partial charge in [0.05, 0.1) is 6.61 Å².